The molecule has 10 heteroatoms. The van der Waals surface area contributed by atoms with Crippen molar-refractivity contribution in [3.63, 3.8) is 0 Å². The number of carboxylic acid groups (broad SMARTS) is 2. The minimum atomic E-state index is -1.82. The monoisotopic (exact) mass is 497 g/mol. The summed E-state index contributed by atoms with van der Waals surface area (Å²) >= 11 is 12.0. The number of anilines is 1. The lowest BCUT2D eigenvalue weighted by atomic mass is 10.1. The molecule has 0 spiro atoms. The molecule has 0 bridgehead atoms. The maximum absolute atomic E-state index is 12.4. The molecule has 0 saturated heterocycles. The van der Waals surface area contributed by atoms with Gasteiger partial charge in [0.05, 0.1) is 10.6 Å². The second-order valence-corrected chi connectivity index (χ2v) is 7.79. The molecule has 0 aliphatic rings. The molecule has 2 rings (SSSR count). The van der Waals surface area contributed by atoms with Gasteiger partial charge in [-0.25, -0.2) is 9.59 Å². The predicted octanol–water partition coefficient (Wildman–Crippen LogP) is 4.22. The fourth-order valence-electron chi connectivity index (χ4n) is 2.83. The van der Waals surface area contributed by atoms with Gasteiger partial charge in [0.25, 0.3) is 5.91 Å². The summed E-state index contributed by atoms with van der Waals surface area (Å²) in [7, 11) is 0. The molecular weight excluding hydrogens is 469 g/mol. The fourth-order valence-corrected chi connectivity index (χ4v) is 3.33. The van der Waals surface area contributed by atoms with Gasteiger partial charge >= 0.3 is 11.9 Å². The lowest BCUT2D eigenvalue weighted by Gasteiger charge is -2.17. The Bertz CT molecular complexity index is 924. The Morgan fingerprint density at radius 1 is 0.970 bits per heavy atom. The predicted molar refractivity (Wildman–Crippen MR) is 130 cm³/mol. The van der Waals surface area contributed by atoms with Crippen LogP contribution in [0.25, 0.3) is 0 Å². The van der Waals surface area contributed by atoms with E-state index in [2.05, 4.69) is 29.4 Å². The number of aliphatic carboxylic acids is 2. The third kappa shape index (κ3) is 11.2. The van der Waals surface area contributed by atoms with E-state index in [0.29, 0.717) is 15.6 Å². The smallest absolute Gasteiger partial charge is 0.414 e. The van der Waals surface area contributed by atoms with Crippen molar-refractivity contribution in [2.45, 2.75) is 26.8 Å². The molecule has 1 amide bonds. The molecule has 0 aromatic heterocycles. The van der Waals surface area contributed by atoms with Gasteiger partial charge in [-0.2, -0.15) is 0 Å². The number of halogens is 2. The zero-order valence-corrected chi connectivity index (χ0v) is 20.1. The van der Waals surface area contributed by atoms with Crippen molar-refractivity contribution in [3.05, 3.63) is 63.6 Å². The van der Waals surface area contributed by atoms with E-state index in [9.17, 15) is 4.79 Å². The van der Waals surface area contributed by atoms with Gasteiger partial charge in [-0.15, -0.1) is 0 Å². The van der Waals surface area contributed by atoms with Crippen molar-refractivity contribution in [3.8, 4) is 0 Å². The average Bonchev–Trinajstić information content (AvgIpc) is 2.76. The quantitative estimate of drug-likeness (QED) is 0.286. The molecule has 0 radical (unpaired) electrons. The number of amides is 1. The Balaban J connectivity index is 0.000000801. The van der Waals surface area contributed by atoms with Crippen LogP contribution in [0.15, 0.2) is 42.5 Å². The molecule has 0 aliphatic heterocycles. The van der Waals surface area contributed by atoms with Gasteiger partial charge in [-0.1, -0.05) is 49.2 Å². The summed E-state index contributed by atoms with van der Waals surface area (Å²) in [6.07, 6.45) is 1.12. The van der Waals surface area contributed by atoms with Gasteiger partial charge in [-0.05, 0) is 68.5 Å². The molecule has 0 aliphatic carbocycles. The topological polar surface area (TPSA) is 119 Å². The molecule has 0 fully saturated rings. The van der Waals surface area contributed by atoms with Crippen molar-refractivity contribution < 1.29 is 24.6 Å². The highest BCUT2D eigenvalue weighted by Crippen LogP contribution is 2.22. The first kappa shape index (κ1) is 28.4. The molecule has 2 aromatic rings. The van der Waals surface area contributed by atoms with E-state index in [0.717, 1.165) is 50.4 Å². The maximum Gasteiger partial charge on any atom is 0.414 e. The fraction of sp³-hybridized carbons (Fsp3) is 0.348. The van der Waals surface area contributed by atoms with Crippen molar-refractivity contribution in [2.75, 3.05) is 31.5 Å². The van der Waals surface area contributed by atoms with Crippen molar-refractivity contribution >= 4 is 46.7 Å². The molecule has 8 nitrogen and oxygen atoms in total. The van der Waals surface area contributed by atoms with Gasteiger partial charge in [0, 0.05) is 17.3 Å². The Hall–Kier alpha value is -2.65. The number of benzene rings is 2. The van der Waals surface area contributed by atoms with Gasteiger partial charge in [0.15, 0.2) is 0 Å². The first-order valence-corrected chi connectivity index (χ1v) is 11.2. The minimum absolute atomic E-state index is 0.249. The van der Waals surface area contributed by atoms with Crippen LogP contribution >= 0.6 is 23.2 Å². The summed E-state index contributed by atoms with van der Waals surface area (Å²) < 4.78 is 0. The van der Waals surface area contributed by atoms with E-state index >= 15 is 0 Å². The molecule has 4 N–H and O–H groups in total. The number of hydrogen-bond acceptors (Lipinski definition) is 5. The molecule has 0 heterocycles. The Kier molecular flexibility index (Phi) is 13.1. The zero-order valence-electron chi connectivity index (χ0n) is 18.6. The van der Waals surface area contributed by atoms with Crippen LogP contribution in [-0.2, 0) is 16.1 Å². The molecule has 180 valence electrons. The van der Waals surface area contributed by atoms with Gasteiger partial charge in [0.2, 0.25) is 0 Å². The van der Waals surface area contributed by atoms with E-state index in [-0.39, 0.29) is 5.91 Å². The van der Waals surface area contributed by atoms with Crippen LogP contribution in [0.1, 0.15) is 36.2 Å². The molecular formula is C23H29Cl2N3O5. The Morgan fingerprint density at radius 2 is 1.64 bits per heavy atom. The highest BCUT2D eigenvalue weighted by Gasteiger charge is 2.11. The van der Waals surface area contributed by atoms with Crippen molar-refractivity contribution in [2.24, 2.45) is 0 Å². The number of rotatable bonds is 10. The Labute approximate surface area is 203 Å². The van der Waals surface area contributed by atoms with Crippen LogP contribution in [0.5, 0.6) is 0 Å². The van der Waals surface area contributed by atoms with Gasteiger partial charge in [-0.3, -0.25) is 4.79 Å². The van der Waals surface area contributed by atoms with E-state index in [1.165, 1.54) is 0 Å². The van der Waals surface area contributed by atoms with Crippen LogP contribution in [0, 0.1) is 0 Å². The largest absolute Gasteiger partial charge is 0.473 e. The molecule has 2 aromatic carbocycles. The maximum atomic E-state index is 12.4. The van der Waals surface area contributed by atoms with Crippen molar-refractivity contribution in [1.29, 1.82) is 0 Å². The zero-order chi connectivity index (χ0) is 24.8. The highest BCUT2D eigenvalue weighted by molar-refractivity contribution is 6.37. The summed E-state index contributed by atoms with van der Waals surface area (Å²) in [4.78, 5) is 33.0. The van der Waals surface area contributed by atoms with Crippen LogP contribution in [-0.4, -0.2) is 59.1 Å². The van der Waals surface area contributed by atoms with E-state index in [1.807, 2.05) is 24.3 Å². The average molecular weight is 498 g/mol. The number of nitrogens with one attached hydrogen (secondary N) is 2. The lowest BCUT2D eigenvalue weighted by molar-refractivity contribution is -0.159. The summed E-state index contributed by atoms with van der Waals surface area (Å²) in [6.45, 7) is 9.41. The van der Waals surface area contributed by atoms with Gasteiger partial charge < -0.3 is 25.7 Å². The van der Waals surface area contributed by atoms with E-state index < -0.39 is 11.9 Å². The third-order valence-corrected chi connectivity index (χ3v) is 5.14. The summed E-state index contributed by atoms with van der Waals surface area (Å²) in [6, 6.07) is 12.7. The van der Waals surface area contributed by atoms with Crippen LogP contribution < -0.4 is 10.6 Å². The summed E-state index contributed by atoms with van der Waals surface area (Å²) in [5, 5.41) is 22.0. The molecule has 0 saturated carbocycles. The van der Waals surface area contributed by atoms with Crippen molar-refractivity contribution in [1.82, 2.24) is 10.2 Å². The van der Waals surface area contributed by atoms with E-state index in [1.54, 1.807) is 18.2 Å². The number of carboxylic acids is 2. The van der Waals surface area contributed by atoms with Crippen LogP contribution in [0.2, 0.25) is 10.0 Å². The summed E-state index contributed by atoms with van der Waals surface area (Å²) in [5.74, 6) is -3.90. The normalized spacial score (nSPS) is 10.3. The van der Waals surface area contributed by atoms with E-state index in [4.69, 9.17) is 43.0 Å². The number of hydrogen-bond donors (Lipinski definition) is 4. The molecule has 33 heavy (non-hydrogen) atoms. The second kappa shape index (κ2) is 15.2. The SMILES string of the molecule is CCN(CC)CCCNCc1cccc(NC(=O)c2ccc(Cl)cc2Cl)c1.O=C(O)C(=O)O. The number of carbonyl (C=O) groups excluding carboxylic acids is 1. The van der Waals surface area contributed by atoms with Gasteiger partial charge in [0.1, 0.15) is 0 Å². The number of nitrogens with zero attached hydrogens (tertiary/aromatic N) is 1. The standard InChI is InChI=1S/C21H27Cl2N3O.C2H2O4/c1-3-26(4-2)12-6-11-24-15-16-7-5-8-18(13-16)25-21(27)19-10-9-17(22)14-20(19)23;3-1(4)2(5)6/h5,7-10,13-14,24H,3-4,6,11-12,15H2,1-2H3,(H,25,27);(H,3,4)(H,5,6). The lowest BCUT2D eigenvalue weighted by Crippen LogP contribution is -2.27. The minimum Gasteiger partial charge on any atom is -0.473 e. The molecule has 0 atom stereocenters. The molecule has 0 unspecified atom stereocenters. The first-order chi connectivity index (χ1) is 15.7. The highest BCUT2D eigenvalue weighted by atomic mass is 35.5. The number of carbonyl (C=O) groups is 3. The first-order valence-electron chi connectivity index (χ1n) is 10.4. The second-order valence-electron chi connectivity index (χ2n) is 6.95. The van der Waals surface area contributed by atoms with Crippen LogP contribution in [0.4, 0.5) is 5.69 Å². The third-order valence-electron chi connectivity index (χ3n) is 4.60. The Morgan fingerprint density at radius 3 is 2.21 bits per heavy atom. The van der Waals surface area contributed by atoms with Crippen LogP contribution in [0.3, 0.4) is 0 Å². The summed E-state index contributed by atoms with van der Waals surface area (Å²) in [5.41, 5.74) is 2.27.